The van der Waals surface area contributed by atoms with Gasteiger partial charge in [-0.05, 0) is 31.5 Å². The largest absolute Gasteiger partial charge is 0.397 e. The third-order valence-corrected chi connectivity index (χ3v) is 3.55. The number of hydrogen-bond acceptors (Lipinski definition) is 5. The van der Waals surface area contributed by atoms with Crippen LogP contribution in [-0.4, -0.2) is 33.2 Å². The van der Waals surface area contributed by atoms with Crippen LogP contribution in [0.1, 0.15) is 13.3 Å². The highest BCUT2D eigenvalue weighted by Gasteiger charge is 2.13. The highest BCUT2D eigenvalue weighted by atomic mass is 32.2. The molecule has 18 heavy (non-hydrogen) atoms. The normalized spacial score (nSPS) is 11.5. The van der Waals surface area contributed by atoms with Crippen LogP contribution in [0.5, 0.6) is 0 Å². The molecule has 102 valence electrons. The minimum Gasteiger partial charge on any atom is -0.397 e. The highest BCUT2D eigenvalue weighted by Crippen LogP contribution is 2.25. The quantitative estimate of drug-likeness (QED) is 0.638. The molecule has 0 fully saturated rings. The summed E-state index contributed by atoms with van der Waals surface area (Å²) < 4.78 is 22.4. The van der Waals surface area contributed by atoms with E-state index in [2.05, 4.69) is 0 Å². The van der Waals surface area contributed by atoms with Gasteiger partial charge in [0.15, 0.2) is 0 Å². The molecule has 0 aliphatic rings. The molecule has 1 aromatic rings. The number of sulfonamides is 1. The van der Waals surface area contributed by atoms with Gasteiger partial charge in [0.2, 0.25) is 10.0 Å². The van der Waals surface area contributed by atoms with Crippen LogP contribution in [0.15, 0.2) is 23.1 Å². The zero-order valence-corrected chi connectivity index (χ0v) is 11.2. The summed E-state index contributed by atoms with van der Waals surface area (Å²) in [6, 6.07) is 4.42. The summed E-state index contributed by atoms with van der Waals surface area (Å²) in [7, 11) is -3.73. The van der Waals surface area contributed by atoms with E-state index in [0.717, 1.165) is 12.2 Å². The summed E-state index contributed by atoms with van der Waals surface area (Å²) in [5.41, 5.74) is 6.95. The third kappa shape index (κ3) is 3.59. The van der Waals surface area contributed by atoms with Crippen LogP contribution in [0.3, 0.4) is 0 Å². The van der Waals surface area contributed by atoms with E-state index >= 15 is 0 Å². The lowest BCUT2D eigenvalue weighted by Crippen LogP contribution is -2.25. The molecule has 0 radical (unpaired) electrons. The number of hydrogen-bond donors (Lipinski definition) is 3. The van der Waals surface area contributed by atoms with Crippen molar-refractivity contribution < 1.29 is 13.5 Å². The minimum atomic E-state index is -3.73. The van der Waals surface area contributed by atoms with E-state index in [9.17, 15) is 8.42 Å². The molecule has 0 saturated carbocycles. The Morgan fingerprint density at radius 1 is 1.39 bits per heavy atom. The second kappa shape index (κ2) is 6.03. The van der Waals surface area contributed by atoms with Gasteiger partial charge in [0.1, 0.15) is 0 Å². The first-order valence-electron chi connectivity index (χ1n) is 5.68. The van der Waals surface area contributed by atoms with E-state index in [4.69, 9.17) is 16.0 Å². The van der Waals surface area contributed by atoms with Crippen molar-refractivity contribution in [2.45, 2.75) is 18.2 Å². The Labute approximate surface area is 107 Å². The molecule has 0 unspecified atom stereocenters. The predicted octanol–water partition coefficient (Wildman–Crippen LogP) is 0.125. The van der Waals surface area contributed by atoms with E-state index in [1.807, 2.05) is 11.8 Å². The molecule has 0 spiro atoms. The summed E-state index contributed by atoms with van der Waals surface area (Å²) in [5.74, 6) is 0. The second-order valence-corrected chi connectivity index (χ2v) is 5.48. The molecule has 1 rings (SSSR count). The van der Waals surface area contributed by atoms with E-state index in [-0.39, 0.29) is 11.5 Å². The van der Waals surface area contributed by atoms with Crippen molar-refractivity contribution >= 4 is 21.4 Å². The van der Waals surface area contributed by atoms with Crippen LogP contribution in [0.4, 0.5) is 11.4 Å². The SMILES string of the molecule is CCN(CCCO)c1ccc(S(N)(=O)=O)cc1N. The van der Waals surface area contributed by atoms with E-state index in [0.29, 0.717) is 18.7 Å². The van der Waals surface area contributed by atoms with Gasteiger partial charge in [-0.1, -0.05) is 0 Å². The molecule has 0 bridgehead atoms. The maximum atomic E-state index is 11.2. The number of primary sulfonamides is 1. The second-order valence-electron chi connectivity index (χ2n) is 3.92. The van der Waals surface area contributed by atoms with Gasteiger partial charge in [0, 0.05) is 19.7 Å². The first-order chi connectivity index (χ1) is 8.40. The zero-order chi connectivity index (χ0) is 13.8. The summed E-state index contributed by atoms with van der Waals surface area (Å²) in [5, 5.41) is 13.9. The fourth-order valence-electron chi connectivity index (χ4n) is 1.71. The van der Waals surface area contributed by atoms with Crippen LogP contribution < -0.4 is 15.8 Å². The van der Waals surface area contributed by atoms with Crippen LogP contribution in [0.25, 0.3) is 0 Å². The summed E-state index contributed by atoms with van der Waals surface area (Å²) in [6.45, 7) is 3.45. The number of rotatable bonds is 6. The van der Waals surface area contributed by atoms with Crippen molar-refractivity contribution in [2.75, 3.05) is 30.3 Å². The fourth-order valence-corrected chi connectivity index (χ4v) is 2.26. The lowest BCUT2D eigenvalue weighted by Gasteiger charge is -2.24. The fraction of sp³-hybridized carbons (Fsp3) is 0.455. The summed E-state index contributed by atoms with van der Waals surface area (Å²) in [4.78, 5) is 1.97. The van der Waals surface area contributed by atoms with E-state index in [1.54, 1.807) is 6.07 Å². The number of benzene rings is 1. The number of aliphatic hydroxyl groups is 1. The zero-order valence-electron chi connectivity index (χ0n) is 10.3. The van der Waals surface area contributed by atoms with Crippen LogP contribution in [0.2, 0.25) is 0 Å². The molecule has 0 aliphatic carbocycles. The van der Waals surface area contributed by atoms with Gasteiger partial charge in [-0.15, -0.1) is 0 Å². The smallest absolute Gasteiger partial charge is 0.238 e. The van der Waals surface area contributed by atoms with Crippen LogP contribution >= 0.6 is 0 Å². The van der Waals surface area contributed by atoms with Crippen LogP contribution in [0, 0.1) is 0 Å². The summed E-state index contributed by atoms with van der Waals surface area (Å²) >= 11 is 0. The molecule has 6 nitrogen and oxygen atoms in total. The van der Waals surface area contributed by atoms with Crippen molar-refractivity contribution in [3.63, 3.8) is 0 Å². The Morgan fingerprint density at radius 3 is 2.50 bits per heavy atom. The van der Waals surface area contributed by atoms with E-state index in [1.165, 1.54) is 12.1 Å². The predicted molar refractivity (Wildman–Crippen MR) is 71.8 cm³/mol. The number of nitrogen functional groups attached to an aromatic ring is 1. The molecule has 0 saturated heterocycles. The Hall–Kier alpha value is -1.31. The molecule has 5 N–H and O–H groups in total. The molecule has 0 heterocycles. The monoisotopic (exact) mass is 273 g/mol. The third-order valence-electron chi connectivity index (χ3n) is 2.64. The Balaban J connectivity index is 3.04. The van der Waals surface area contributed by atoms with Crippen molar-refractivity contribution in [1.29, 1.82) is 0 Å². The van der Waals surface area contributed by atoms with Gasteiger partial charge >= 0.3 is 0 Å². The number of anilines is 2. The van der Waals surface area contributed by atoms with Gasteiger partial charge < -0.3 is 15.7 Å². The van der Waals surface area contributed by atoms with E-state index < -0.39 is 10.0 Å². The molecule has 0 atom stereocenters. The number of aliphatic hydroxyl groups excluding tert-OH is 1. The highest BCUT2D eigenvalue weighted by molar-refractivity contribution is 7.89. The van der Waals surface area contributed by atoms with Gasteiger partial charge in [-0.3, -0.25) is 0 Å². The molecule has 0 amide bonds. The average Bonchev–Trinajstić information content (AvgIpc) is 2.30. The van der Waals surface area contributed by atoms with Crippen molar-refractivity contribution in [1.82, 2.24) is 0 Å². The van der Waals surface area contributed by atoms with Gasteiger partial charge in [0.05, 0.1) is 16.3 Å². The molecule has 0 aromatic heterocycles. The maximum Gasteiger partial charge on any atom is 0.238 e. The lowest BCUT2D eigenvalue weighted by atomic mass is 10.2. The topological polar surface area (TPSA) is 110 Å². The lowest BCUT2D eigenvalue weighted by molar-refractivity contribution is 0.289. The Bertz CT molecular complexity index is 502. The molecule has 1 aromatic carbocycles. The Morgan fingerprint density at radius 2 is 2.06 bits per heavy atom. The number of nitrogens with two attached hydrogens (primary N) is 2. The van der Waals surface area contributed by atoms with Gasteiger partial charge in [-0.25, -0.2) is 13.6 Å². The Kier molecular flexibility index (Phi) is 4.94. The average molecular weight is 273 g/mol. The van der Waals surface area contributed by atoms with Gasteiger partial charge in [0.25, 0.3) is 0 Å². The first-order valence-corrected chi connectivity index (χ1v) is 7.23. The summed E-state index contributed by atoms with van der Waals surface area (Å²) in [6.07, 6.45) is 0.629. The van der Waals surface area contributed by atoms with Gasteiger partial charge in [-0.2, -0.15) is 0 Å². The van der Waals surface area contributed by atoms with Crippen LogP contribution in [-0.2, 0) is 10.0 Å². The molecular weight excluding hydrogens is 254 g/mol. The standard InChI is InChI=1S/C11H19N3O3S/c1-2-14(6-3-7-15)11-5-4-9(8-10(11)12)18(13,16)17/h4-5,8,15H,2-3,6-7,12H2,1H3,(H2,13,16,17). The molecule has 0 aliphatic heterocycles. The molecular formula is C11H19N3O3S. The van der Waals surface area contributed by atoms with Crippen molar-refractivity contribution in [3.05, 3.63) is 18.2 Å². The number of nitrogens with zero attached hydrogens (tertiary/aromatic N) is 1. The maximum absolute atomic E-state index is 11.2. The molecule has 7 heteroatoms. The van der Waals surface area contributed by atoms with Crippen molar-refractivity contribution in [2.24, 2.45) is 5.14 Å². The van der Waals surface area contributed by atoms with Crippen molar-refractivity contribution in [3.8, 4) is 0 Å². The minimum absolute atomic E-state index is 0.00182. The first kappa shape index (κ1) is 14.7.